The molecule has 0 aromatic carbocycles. The van der Waals surface area contributed by atoms with E-state index in [-0.39, 0.29) is 0 Å². The zero-order valence-electron chi connectivity index (χ0n) is 9.32. The lowest BCUT2D eigenvalue weighted by Gasteiger charge is -2.08. The fourth-order valence-electron chi connectivity index (χ4n) is 1.61. The highest BCUT2D eigenvalue weighted by molar-refractivity contribution is 7.09. The molecule has 0 bridgehead atoms. The van der Waals surface area contributed by atoms with Crippen LogP contribution >= 0.6 is 11.3 Å². The van der Waals surface area contributed by atoms with Crippen LogP contribution in [0.3, 0.4) is 0 Å². The highest BCUT2D eigenvalue weighted by Crippen LogP contribution is 2.19. The van der Waals surface area contributed by atoms with Gasteiger partial charge in [0.2, 0.25) is 0 Å². The van der Waals surface area contributed by atoms with E-state index in [4.69, 9.17) is 4.74 Å². The van der Waals surface area contributed by atoms with Crippen LogP contribution in [0.15, 0.2) is 5.38 Å². The summed E-state index contributed by atoms with van der Waals surface area (Å²) in [5, 5.41) is 6.85. The van der Waals surface area contributed by atoms with E-state index in [1.165, 1.54) is 5.01 Å². The molecule has 84 valence electrons. The minimum absolute atomic E-state index is 0.522. The summed E-state index contributed by atoms with van der Waals surface area (Å²) in [5.41, 5.74) is 1.16. The molecule has 4 heteroatoms. The summed E-state index contributed by atoms with van der Waals surface area (Å²) in [6.07, 6.45) is 1.13. The van der Waals surface area contributed by atoms with Crippen LogP contribution < -0.4 is 5.32 Å². The van der Waals surface area contributed by atoms with Gasteiger partial charge in [0.05, 0.1) is 17.3 Å². The van der Waals surface area contributed by atoms with Crippen molar-refractivity contribution in [2.75, 3.05) is 13.2 Å². The Balaban J connectivity index is 1.82. The SMILES string of the molecule is CC(C)c1nc(CNC2CCOC2)cs1. The summed E-state index contributed by atoms with van der Waals surface area (Å²) < 4.78 is 5.31. The van der Waals surface area contributed by atoms with Gasteiger partial charge in [-0.3, -0.25) is 0 Å². The topological polar surface area (TPSA) is 34.2 Å². The molecule has 2 heterocycles. The third-order valence-electron chi connectivity index (χ3n) is 2.56. The molecule has 0 amide bonds. The van der Waals surface area contributed by atoms with Crippen LogP contribution in [0.5, 0.6) is 0 Å². The molecule has 1 N–H and O–H groups in total. The zero-order chi connectivity index (χ0) is 10.7. The zero-order valence-corrected chi connectivity index (χ0v) is 10.1. The van der Waals surface area contributed by atoms with Crippen LogP contribution in [0.4, 0.5) is 0 Å². The Morgan fingerprint density at radius 2 is 2.53 bits per heavy atom. The van der Waals surface area contributed by atoms with Gasteiger partial charge in [0.15, 0.2) is 0 Å². The molecule has 3 nitrogen and oxygen atoms in total. The van der Waals surface area contributed by atoms with Gasteiger partial charge in [0.1, 0.15) is 0 Å². The van der Waals surface area contributed by atoms with Gasteiger partial charge in [-0.15, -0.1) is 11.3 Å². The quantitative estimate of drug-likeness (QED) is 0.854. The van der Waals surface area contributed by atoms with E-state index in [0.29, 0.717) is 12.0 Å². The number of hydrogen-bond acceptors (Lipinski definition) is 4. The van der Waals surface area contributed by atoms with E-state index in [9.17, 15) is 0 Å². The molecule has 0 radical (unpaired) electrons. The third kappa shape index (κ3) is 3.00. The summed E-state index contributed by atoms with van der Waals surface area (Å²) >= 11 is 1.76. The maximum absolute atomic E-state index is 5.31. The smallest absolute Gasteiger partial charge is 0.0954 e. The number of aromatic nitrogens is 1. The maximum atomic E-state index is 5.31. The van der Waals surface area contributed by atoms with E-state index < -0.39 is 0 Å². The van der Waals surface area contributed by atoms with Gasteiger partial charge < -0.3 is 10.1 Å². The first-order valence-electron chi connectivity index (χ1n) is 5.51. The fraction of sp³-hybridized carbons (Fsp3) is 0.727. The number of nitrogens with one attached hydrogen (secondary N) is 1. The van der Waals surface area contributed by atoms with Crippen LogP contribution in [-0.4, -0.2) is 24.2 Å². The molecule has 1 aliphatic rings. The van der Waals surface area contributed by atoms with Crippen molar-refractivity contribution in [3.8, 4) is 0 Å². The highest BCUT2D eigenvalue weighted by Gasteiger charge is 2.15. The van der Waals surface area contributed by atoms with Crippen molar-refractivity contribution >= 4 is 11.3 Å². The summed E-state index contributed by atoms with van der Waals surface area (Å²) in [6, 6.07) is 0.522. The van der Waals surface area contributed by atoms with Gasteiger partial charge in [-0.05, 0) is 6.42 Å². The second kappa shape index (κ2) is 5.05. The normalized spacial score (nSPS) is 21.4. The van der Waals surface area contributed by atoms with Crippen LogP contribution in [0.1, 0.15) is 36.9 Å². The van der Waals surface area contributed by atoms with Crippen molar-refractivity contribution < 1.29 is 4.74 Å². The van der Waals surface area contributed by atoms with Crippen LogP contribution in [0.2, 0.25) is 0 Å². The van der Waals surface area contributed by atoms with E-state index in [2.05, 4.69) is 29.5 Å². The molecule has 1 saturated heterocycles. The summed E-state index contributed by atoms with van der Waals surface area (Å²) in [7, 11) is 0. The number of hydrogen-bond donors (Lipinski definition) is 1. The van der Waals surface area contributed by atoms with Crippen molar-refractivity contribution in [3.05, 3.63) is 16.1 Å². The Labute approximate surface area is 94.9 Å². The van der Waals surface area contributed by atoms with Gasteiger partial charge in [-0.1, -0.05) is 13.8 Å². The lowest BCUT2D eigenvalue weighted by molar-refractivity contribution is 0.189. The van der Waals surface area contributed by atoms with Crippen LogP contribution in [0, 0.1) is 0 Å². The maximum Gasteiger partial charge on any atom is 0.0954 e. The van der Waals surface area contributed by atoms with Crippen molar-refractivity contribution in [2.24, 2.45) is 0 Å². The summed E-state index contributed by atoms with van der Waals surface area (Å²) in [6.45, 7) is 6.98. The van der Waals surface area contributed by atoms with Crippen molar-refractivity contribution in [2.45, 2.75) is 38.8 Å². The minimum Gasteiger partial charge on any atom is -0.380 e. The van der Waals surface area contributed by atoms with Crippen LogP contribution in [0.25, 0.3) is 0 Å². The Morgan fingerprint density at radius 1 is 1.67 bits per heavy atom. The molecule has 0 aliphatic carbocycles. The van der Waals surface area contributed by atoms with E-state index >= 15 is 0 Å². The minimum atomic E-state index is 0.522. The van der Waals surface area contributed by atoms with Crippen LogP contribution in [-0.2, 0) is 11.3 Å². The molecular weight excluding hydrogens is 208 g/mol. The third-order valence-corrected chi connectivity index (χ3v) is 3.76. The molecule has 1 aromatic heterocycles. The molecule has 1 fully saturated rings. The largest absolute Gasteiger partial charge is 0.380 e. The molecule has 0 saturated carbocycles. The second-order valence-electron chi connectivity index (χ2n) is 4.27. The average Bonchev–Trinajstić information content (AvgIpc) is 2.86. The first-order valence-corrected chi connectivity index (χ1v) is 6.39. The van der Waals surface area contributed by atoms with Gasteiger partial charge in [0.25, 0.3) is 0 Å². The second-order valence-corrected chi connectivity index (χ2v) is 5.16. The Kier molecular flexibility index (Phi) is 3.72. The first-order chi connectivity index (χ1) is 7.25. The van der Waals surface area contributed by atoms with E-state index in [1.807, 2.05) is 0 Å². The van der Waals surface area contributed by atoms with Gasteiger partial charge in [-0.25, -0.2) is 4.98 Å². The average molecular weight is 226 g/mol. The Hall–Kier alpha value is -0.450. The number of rotatable bonds is 4. The summed E-state index contributed by atoms with van der Waals surface area (Å²) in [5.74, 6) is 0.540. The lowest BCUT2D eigenvalue weighted by Crippen LogP contribution is -2.28. The number of ether oxygens (including phenoxy) is 1. The van der Waals surface area contributed by atoms with Gasteiger partial charge >= 0.3 is 0 Å². The molecular formula is C11H18N2OS. The van der Waals surface area contributed by atoms with Gasteiger partial charge in [0, 0.05) is 30.5 Å². The Morgan fingerprint density at radius 3 is 3.13 bits per heavy atom. The van der Waals surface area contributed by atoms with E-state index in [0.717, 1.165) is 31.9 Å². The molecule has 2 rings (SSSR count). The fourth-order valence-corrected chi connectivity index (χ4v) is 2.45. The predicted octanol–water partition coefficient (Wildman–Crippen LogP) is 2.15. The Bertz CT molecular complexity index is 305. The monoisotopic (exact) mass is 226 g/mol. The van der Waals surface area contributed by atoms with Crippen molar-refractivity contribution in [1.29, 1.82) is 0 Å². The number of thiazole rings is 1. The standard InChI is InChI=1S/C11H18N2OS/c1-8(2)11-13-10(7-15-11)5-12-9-3-4-14-6-9/h7-9,12H,3-6H2,1-2H3. The van der Waals surface area contributed by atoms with Crippen molar-refractivity contribution in [3.63, 3.8) is 0 Å². The highest BCUT2D eigenvalue weighted by atomic mass is 32.1. The molecule has 1 unspecified atom stereocenters. The van der Waals surface area contributed by atoms with Crippen molar-refractivity contribution in [1.82, 2.24) is 10.3 Å². The number of nitrogens with zero attached hydrogens (tertiary/aromatic N) is 1. The summed E-state index contributed by atoms with van der Waals surface area (Å²) in [4.78, 5) is 4.59. The van der Waals surface area contributed by atoms with E-state index in [1.54, 1.807) is 11.3 Å². The predicted molar refractivity (Wildman–Crippen MR) is 62.3 cm³/mol. The molecule has 15 heavy (non-hydrogen) atoms. The molecule has 1 aliphatic heterocycles. The first kappa shape index (κ1) is 11.0. The molecule has 1 atom stereocenters. The molecule has 1 aromatic rings. The molecule has 0 spiro atoms. The lowest BCUT2D eigenvalue weighted by atomic mass is 10.2. The van der Waals surface area contributed by atoms with Gasteiger partial charge in [-0.2, -0.15) is 0 Å².